The van der Waals surface area contributed by atoms with E-state index in [-0.39, 0.29) is 17.4 Å². The smallest absolute Gasteiger partial charge is 0.312 e. The zero-order chi connectivity index (χ0) is 15.5. The van der Waals surface area contributed by atoms with Crippen molar-refractivity contribution < 1.29 is 9.66 Å². The van der Waals surface area contributed by atoms with Gasteiger partial charge in [-0.25, -0.2) is 0 Å². The van der Waals surface area contributed by atoms with Gasteiger partial charge in [-0.2, -0.15) is 5.26 Å². The molecular formula is C14H16BrN3O3. The van der Waals surface area contributed by atoms with Crippen LogP contribution in [0.3, 0.4) is 0 Å². The SMILES string of the molecule is N#CC1(N)CCCC1CCOc1ccc(Br)cc1[N+](=O)[O-]. The van der Waals surface area contributed by atoms with Crippen LogP contribution in [0, 0.1) is 27.4 Å². The summed E-state index contributed by atoms with van der Waals surface area (Å²) in [5.41, 5.74) is 5.19. The molecule has 1 aliphatic carbocycles. The van der Waals surface area contributed by atoms with Gasteiger partial charge < -0.3 is 10.5 Å². The lowest BCUT2D eigenvalue weighted by Crippen LogP contribution is -2.42. The summed E-state index contributed by atoms with van der Waals surface area (Å²) in [7, 11) is 0. The second kappa shape index (κ2) is 6.41. The first-order chi connectivity index (χ1) is 9.96. The molecule has 0 radical (unpaired) electrons. The third-order valence-corrected chi connectivity index (χ3v) is 4.41. The molecule has 1 aromatic carbocycles. The molecule has 1 fully saturated rings. The molecule has 0 spiro atoms. The fraction of sp³-hybridized carbons (Fsp3) is 0.500. The Labute approximate surface area is 131 Å². The number of nitro benzene ring substituents is 1. The second-order valence-corrected chi connectivity index (χ2v) is 6.16. The van der Waals surface area contributed by atoms with Crippen LogP contribution in [-0.2, 0) is 0 Å². The highest BCUT2D eigenvalue weighted by atomic mass is 79.9. The highest BCUT2D eigenvalue weighted by molar-refractivity contribution is 9.10. The van der Waals surface area contributed by atoms with Crippen LogP contribution in [0.5, 0.6) is 5.75 Å². The number of nitro groups is 1. The summed E-state index contributed by atoms with van der Waals surface area (Å²) >= 11 is 3.20. The van der Waals surface area contributed by atoms with Crippen molar-refractivity contribution in [1.82, 2.24) is 0 Å². The van der Waals surface area contributed by atoms with Crippen molar-refractivity contribution in [3.05, 3.63) is 32.8 Å². The number of hydrogen-bond donors (Lipinski definition) is 1. The molecule has 0 heterocycles. The fourth-order valence-electron chi connectivity index (χ4n) is 2.72. The number of halogens is 1. The largest absolute Gasteiger partial charge is 0.487 e. The number of ether oxygens (including phenoxy) is 1. The first-order valence-electron chi connectivity index (χ1n) is 6.73. The van der Waals surface area contributed by atoms with Crippen LogP contribution in [0.1, 0.15) is 25.7 Å². The minimum Gasteiger partial charge on any atom is -0.487 e. The molecule has 1 aromatic rings. The molecule has 0 saturated heterocycles. The normalized spacial score (nSPS) is 24.5. The van der Waals surface area contributed by atoms with Crippen LogP contribution in [-0.4, -0.2) is 17.1 Å². The van der Waals surface area contributed by atoms with Gasteiger partial charge in [-0.3, -0.25) is 10.1 Å². The predicted molar refractivity (Wildman–Crippen MR) is 80.8 cm³/mol. The molecule has 2 N–H and O–H groups in total. The van der Waals surface area contributed by atoms with E-state index >= 15 is 0 Å². The third-order valence-electron chi connectivity index (χ3n) is 3.92. The Morgan fingerprint density at radius 2 is 2.38 bits per heavy atom. The van der Waals surface area contributed by atoms with E-state index in [9.17, 15) is 10.1 Å². The minimum atomic E-state index is -0.783. The van der Waals surface area contributed by atoms with E-state index in [1.165, 1.54) is 6.07 Å². The van der Waals surface area contributed by atoms with Gasteiger partial charge in [0.25, 0.3) is 0 Å². The summed E-state index contributed by atoms with van der Waals surface area (Å²) in [6.07, 6.45) is 3.16. The van der Waals surface area contributed by atoms with Crippen LogP contribution < -0.4 is 10.5 Å². The first kappa shape index (κ1) is 15.7. The van der Waals surface area contributed by atoms with Crippen LogP contribution in [0.4, 0.5) is 5.69 Å². The molecule has 2 rings (SSSR count). The van der Waals surface area contributed by atoms with Gasteiger partial charge in [0.2, 0.25) is 0 Å². The third kappa shape index (κ3) is 3.52. The Bertz CT molecular complexity index is 587. The van der Waals surface area contributed by atoms with E-state index in [0.29, 0.717) is 23.9 Å². The lowest BCUT2D eigenvalue weighted by Gasteiger charge is -2.23. The van der Waals surface area contributed by atoms with Gasteiger partial charge in [0, 0.05) is 10.5 Å². The quantitative estimate of drug-likeness (QED) is 0.646. The molecule has 1 saturated carbocycles. The van der Waals surface area contributed by atoms with Gasteiger partial charge in [-0.05, 0) is 37.3 Å². The van der Waals surface area contributed by atoms with E-state index < -0.39 is 10.5 Å². The molecular weight excluding hydrogens is 338 g/mol. The van der Waals surface area contributed by atoms with Crippen molar-refractivity contribution in [2.24, 2.45) is 11.7 Å². The topological polar surface area (TPSA) is 102 Å². The molecule has 21 heavy (non-hydrogen) atoms. The van der Waals surface area contributed by atoms with E-state index in [2.05, 4.69) is 22.0 Å². The Balaban J connectivity index is 1.98. The Morgan fingerprint density at radius 3 is 3.05 bits per heavy atom. The Morgan fingerprint density at radius 1 is 1.62 bits per heavy atom. The summed E-state index contributed by atoms with van der Waals surface area (Å²) in [6.45, 7) is 0.313. The second-order valence-electron chi connectivity index (χ2n) is 5.25. The van der Waals surface area contributed by atoms with Gasteiger partial charge in [0.15, 0.2) is 5.75 Å². The zero-order valence-corrected chi connectivity index (χ0v) is 13.0. The summed E-state index contributed by atoms with van der Waals surface area (Å²) in [6, 6.07) is 6.86. The summed E-state index contributed by atoms with van der Waals surface area (Å²) in [5, 5.41) is 20.1. The number of rotatable bonds is 5. The fourth-order valence-corrected chi connectivity index (χ4v) is 3.07. The maximum Gasteiger partial charge on any atom is 0.312 e. The van der Waals surface area contributed by atoms with Crippen molar-refractivity contribution >= 4 is 21.6 Å². The molecule has 1 aliphatic rings. The zero-order valence-electron chi connectivity index (χ0n) is 11.4. The van der Waals surface area contributed by atoms with Crippen molar-refractivity contribution in [2.45, 2.75) is 31.2 Å². The van der Waals surface area contributed by atoms with E-state index in [1.807, 2.05) is 0 Å². The van der Waals surface area contributed by atoms with Crippen molar-refractivity contribution in [1.29, 1.82) is 5.26 Å². The standard InChI is InChI=1S/C14H16BrN3O3/c15-11-3-4-13(12(8-11)18(19)20)21-7-5-10-2-1-6-14(10,17)9-16/h3-4,8,10H,1-2,5-7,17H2. The highest BCUT2D eigenvalue weighted by Crippen LogP contribution is 2.36. The summed E-state index contributed by atoms with van der Waals surface area (Å²) in [4.78, 5) is 10.5. The maximum absolute atomic E-state index is 11.0. The van der Waals surface area contributed by atoms with Gasteiger partial charge >= 0.3 is 5.69 Å². The minimum absolute atomic E-state index is 0.0740. The molecule has 2 unspecified atom stereocenters. The number of nitriles is 1. The van der Waals surface area contributed by atoms with Crippen molar-refractivity contribution in [3.8, 4) is 11.8 Å². The maximum atomic E-state index is 11.0. The predicted octanol–water partition coefficient (Wildman–Crippen LogP) is 3.15. The van der Waals surface area contributed by atoms with Crippen molar-refractivity contribution in [3.63, 3.8) is 0 Å². The highest BCUT2D eigenvalue weighted by Gasteiger charge is 2.39. The summed E-state index contributed by atoms with van der Waals surface area (Å²) < 4.78 is 6.15. The number of benzene rings is 1. The molecule has 0 bridgehead atoms. The molecule has 0 aromatic heterocycles. The van der Waals surface area contributed by atoms with E-state index in [0.717, 1.165) is 12.8 Å². The molecule has 0 aliphatic heterocycles. The van der Waals surface area contributed by atoms with Gasteiger partial charge in [0.1, 0.15) is 5.54 Å². The van der Waals surface area contributed by atoms with Crippen LogP contribution >= 0.6 is 15.9 Å². The van der Waals surface area contributed by atoms with E-state index in [4.69, 9.17) is 15.7 Å². The van der Waals surface area contributed by atoms with Crippen LogP contribution in [0.25, 0.3) is 0 Å². The van der Waals surface area contributed by atoms with Crippen LogP contribution in [0.15, 0.2) is 22.7 Å². The number of nitrogens with zero attached hydrogens (tertiary/aromatic N) is 2. The number of hydrogen-bond acceptors (Lipinski definition) is 5. The van der Waals surface area contributed by atoms with Gasteiger partial charge in [0.05, 0.1) is 17.6 Å². The average Bonchev–Trinajstić information content (AvgIpc) is 2.82. The molecule has 6 nitrogen and oxygen atoms in total. The van der Waals surface area contributed by atoms with Gasteiger partial charge in [-0.15, -0.1) is 0 Å². The van der Waals surface area contributed by atoms with Crippen molar-refractivity contribution in [2.75, 3.05) is 6.61 Å². The molecule has 0 amide bonds. The van der Waals surface area contributed by atoms with E-state index in [1.54, 1.807) is 12.1 Å². The summed E-state index contributed by atoms with van der Waals surface area (Å²) in [5.74, 6) is 0.317. The Kier molecular flexibility index (Phi) is 4.80. The first-order valence-corrected chi connectivity index (χ1v) is 7.52. The lowest BCUT2D eigenvalue weighted by molar-refractivity contribution is -0.386. The average molecular weight is 354 g/mol. The van der Waals surface area contributed by atoms with Crippen LogP contribution in [0.2, 0.25) is 0 Å². The monoisotopic (exact) mass is 353 g/mol. The molecule has 2 atom stereocenters. The Hall–Kier alpha value is -1.65. The molecule has 7 heteroatoms. The van der Waals surface area contributed by atoms with Gasteiger partial charge in [-0.1, -0.05) is 22.4 Å². The molecule has 112 valence electrons. The number of nitrogens with two attached hydrogens (primary N) is 1. The lowest BCUT2D eigenvalue weighted by atomic mass is 9.87.